The highest BCUT2D eigenvalue weighted by Gasteiger charge is 2.39. The Morgan fingerprint density at radius 2 is 1.79 bits per heavy atom. The maximum absolute atomic E-state index is 14.5. The van der Waals surface area contributed by atoms with Gasteiger partial charge in [0.1, 0.15) is 22.8 Å². The van der Waals surface area contributed by atoms with Crippen LogP contribution in [-0.2, 0) is 25.6 Å². The Kier molecular flexibility index (Phi) is 19.1. The van der Waals surface area contributed by atoms with E-state index in [4.69, 9.17) is 11.3 Å². The normalized spacial score (nSPS) is 17.5. The second-order valence-corrected chi connectivity index (χ2v) is 18.0. The first-order valence-electron chi connectivity index (χ1n) is 20.8. The number of terminal acetylenes is 1. The number of aliphatic hydroxyl groups is 1. The van der Waals surface area contributed by atoms with E-state index in [0.29, 0.717) is 30.7 Å². The van der Waals surface area contributed by atoms with Gasteiger partial charge in [0.15, 0.2) is 0 Å². The first-order valence-corrected chi connectivity index (χ1v) is 21.7. The van der Waals surface area contributed by atoms with Gasteiger partial charge in [-0.15, -0.1) is 23.7 Å². The van der Waals surface area contributed by atoms with Crippen LogP contribution in [0.2, 0.25) is 0 Å². The van der Waals surface area contributed by atoms with Crippen molar-refractivity contribution in [1.29, 1.82) is 0 Å². The van der Waals surface area contributed by atoms with Crippen LogP contribution in [0.4, 0.5) is 5.69 Å². The van der Waals surface area contributed by atoms with Crippen LogP contribution >= 0.6 is 11.3 Å². The smallest absolute Gasteiger partial charge is 0.309 e. The summed E-state index contributed by atoms with van der Waals surface area (Å²) in [5, 5.41) is 34.1. The van der Waals surface area contributed by atoms with Gasteiger partial charge in [0, 0.05) is 36.0 Å². The second kappa shape index (κ2) is 22.9. The minimum Gasteiger partial charge on any atom is -0.481 e. The summed E-state index contributed by atoms with van der Waals surface area (Å²) in [6, 6.07) is 5.78. The standard InChI is InChI=1S/C44H68N6O7S/c1-11-13-16-23-57-50(42(54)38(30(7)12-2)48-40(53)35-17-14-15-22-49(35)10)36(28(3)4)25-37(51)41-47-34(27-58-41)39(52)46-33(26-44(8,9)43(55)56)24-31-18-20-32(21-19-31)45-29(5)6/h1,18-21,27-30,33,35-38,45,51H,12-17,22-26H2,2-10H3,(H,46,52)(H,48,53)(H,55,56)/t30-,33-,35+,36+,37+,38-/m0/s1. The number of benzene rings is 1. The van der Waals surface area contributed by atoms with E-state index < -0.39 is 47.4 Å². The Hall–Kier alpha value is -4.03. The van der Waals surface area contributed by atoms with Crippen LogP contribution < -0.4 is 16.0 Å². The molecule has 0 bridgehead atoms. The number of hydrogen-bond donors (Lipinski definition) is 5. The summed E-state index contributed by atoms with van der Waals surface area (Å²) in [4.78, 5) is 66.7. The fraction of sp³-hybridized carbons (Fsp3) is 0.659. The van der Waals surface area contributed by atoms with Crippen LogP contribution in [0.5, 0.6) is 0 Å². The van der Waals surface area contributed by atoms with Crippen molar-refractivity contribution in [2.75, 3.05) is 25.5 Å². The maximum atomic E-state index is 14.5. The van der Waals surface area contributed by atoms with Crippen LogP contribution in [0.25, 0.3) is 0 Å². The Balaban J connectivity index is 1.84. The average Bonchev–Trinajstić information content (AvgIpc) is 3.67. The van der Waals surface area contributed by atoms with Crippen molar-refractivity contribution in [2.45, 2.75) is 149 Å². The van der Waals surface area contributed by atoms with Crippen molar-refractivity contribution in [2.24, 2.45) is 17.3 Å². The van der Waals surface area contributed by atoms with Gasteiger partial charge in [-0.2, -0.15) is 0 Å². The monoisotopic (exact) mass is 824 g/mol. The zero-order valence-corrected chi connectivity index (χ0v) is 36.9. The lowest BCUT2D eigenvalue weighted by Crippen LogP contribution is -2.58. The molecule has 5 N–H and O–H groups in total. The van der Waals surface area contributed by atoms with Crippen LogP contribution in [0.15, 0.2) is 29.6 Å². The number of aliphatic hydroxyl groups excluding tert-OH is 1. The van der Waals surface area contributed by atoms with Crippen LogP contribution in [0.1, 0.15) is 134 Å². The van der Waals surface area contributed by atoms with Gasteiger partial charge < -0.3 is 26.2 Å². The zero-order valence-electron chi connectivity index (χ0n) is 36.0. The molecular weight excluding hydrogens is 757 g/mol. The molecule has 322 valence electrons. The molecule has 0 radical (unpaired) electrons. The molecule has 1 aromatic carbocycles. The number of thiazole rings is 1. The molecule has 0 saturated carbocycles. The summed E-state index contributed by atoms with van der Waals surface area (Å²) in [6.07, 6.45) is 9.26. The molecule has 1 aliphatic heterocycles. The Morgan fingerprint density at radius 3 is 2.38 bits per heavy atom. The molecule has 0 spiro atoms. The van der Waals surface area contributed by atoms with Gasteiger partial charge in [0.2, 0.25) is 5.91 Å². The van der Waals surface area contributed by atoms with Crippen LogP contribution in [0.3, 0.4) is 0 Å². The molecule has 58 heavy (non-hydrogen) atoms. The number of rotatable bonds is 23. The lowest BCUT2D eigenvalue weighted by Gasteiger charge is -2.38. The largest absolute Gasteiger partial charge is 0.481 e. The Bertz CT molecular complexity index is 1670. The summed E-state index contributed by atoms with van der Waals surface area (Å²) in [5.41, 5.74) is 0.889. The highest BCUT2D eigenvalue weighted by molar-refractivity contribution is 7.09. The SMILES string of the molecule is C#CCCCON(C(=O)[C@@H](NC(=O)[C@H]1CCCCN1C)[C@@H](C)CC)[C@H](C[C@@H](O)c1nc(C(=O)N[C@@H](Cc2ccc(NC(C)C)cc2)CC(C)(C)C(=O)O)cs1)C(C)C. The van der Waals surface area contributed by atoms with Crippen LogP contribution in [-0.4, -0.2) is 99.3 Å². The van der Waals surface area contributed by atoms with E-state index in [-0.39, 0.29) is 55.0 Å². The van der Waals surface area contributed by atoms with E-state index in [1.165, 1.54) is 5.06 Å². The van der Waals surface area contributed by atoms with E-state index in [9.17, 15) is 29.4 Å². The van der Waals surface area contributed by atoms with Crippen LogP contribution in [0, 0.1) is 29.6 Å². The molecule has 2 heterocycles. The van der Waals surface area contributed by atoms with E-state index in [2.05, 4.69) is 40.7 Å². The fourth-order valence-corrected chi connectivity index (χ4v) is 7.94. The number of carboxylic acids is 1. The zero-order chi connectivity index (χ0) is 43.2. The first-order chi connectivity index (χ1) is 27.4. The third-order valence-electron chi connectivity index (χ3n) is 10.9. The number of nitrogens with one attached hydrogen (secondary N) is 3. The number of hydrogen-bond acceptors (Lipinski definition) is 10. The molecule has 1 aliphatic rings. The molecule has 1 fully saturated rings. The lowest BCUT2D eigenvalue weighted by atomic mass is 9.84. The van der Waals surface area contributed by atoms with E-state index in [1.807, 2.05) is 63.9 Å². The summed E-state index contributed by atoms with van der Waals surface area (Å²) >= 11 is 1.13. The van der Waals surface area contributed by atoms with Crippen molar-refractivity contribution in [3.05, 3.63) is 45.9 Å². The lowest BCUT2D eigenvalue weighted by molar-refractivity contribution is -0.212. The van der Waals surface area contributed by atoms with Crippen molar-refractivity contribution in [3.8, 4) is 12.3 Å². The quantitative estimate of drug-likeness (QED) is 0.0477. The summed E-state index contributed by atoms with van der Waals surface area (Å²) in [7, 11) is 1.93. The minimum atomic E-state index is -1.16. The number of amides is 3. The summed E-state index contributed by atoms with van der Waals surface area (Å²) < 4.78 is 0. The number of carbonyl (C=O) groups is 4. The maximum Gasteiger partial charge on any atom is 0.309 e. The molecule has 1 saturated heterocycles. The highest BCUT2D eigenvalue weighted by atomic mass is 32.1. The molecule has 2 aromatic rings. The molecule has 14 heteroatoms. The minimum absolute atomic E-state index is 0.0523. The predicted octanol–water partition coefficient (Wildman–Crippen LogP) is 6.44. The number of piperidine rings is 1. The van der Waals surface area contributed by atoms with Gasteiger partial charge in [-0.25, -0.2) is 10.0 Å². The van der Waals surface area contributed by atoms with Gasteiger partial charge >= 0.3 is 5.97 Å². The van der Waals surface area contributed by atoms with E-state index in [0.717, 1.165) is 48.4 Å². The summed E-state index contributed by atoms with van der Waals surface area (Å²) in [6.45, 7) is 16.1. The summed E-state index contributed by atoms with van der Waals surface area (Å²) in [5.74, 6) is 0.183. The number of aromatic nitrogens is 1. The van der Waals surface area contributed by atoms with Gasteiger partial charge in [-0.3, -0.25) is 28.9 Å². The van der Waals surface area contributed by atoms with Gasteiger partial charge in [0.25, 0.3) is 11.8 Å². The van der Waals surface area contributed by atoms with Crippen molar-refractivity contribution in [3.63, 3.8) is 0 Å². The number of unbranched alkanes of at least 4 members (excludes halogenated alkanes) is 1. The first kappa shape index (κ1) is 48.3. The van der Waals surface area contributed by atoms with Gasteiger partial charge in [0.05, 0.1) is 24.1 Å². The molecule has 13 nitrogen and oxygen atoms in total. The number of carbonyl (C=O) groups excluding carboxylic acids is 3. The highest BCUT2D eigenvalue weighted by Crippen LogP contribution is 2.30. The number of anilines is 1. The number of carboxylic acid groups (broad SMARTS) is 1. The fourth-order valence-electron chi connectivity index (χ4n) is 7.14. The van der Waals surface area contributed by atoms with E-state index >= 15 is 0 Å². The van der Waals surface area contributed by atoms with Gasteiger partial charge in [-0.1, -0.05) is 52.7 Å². The number of aliphatic carboxylic acids is 1. The Morgan fingerprint density at radius 1 is 1.10 bits per heavy atom. The third kappa shape index (κ3) is 14.4. The molecular formula is C44H68N6O7S. The molecule has 0 aliphatic carbocycles. The van der Waals surface area contributed by atoms with Gasteiger partial charge in [-0.05, 0) is 103 Å². The number of hydroxylamine groups is 2. The molecule has 1 aromatic heterocycles. The van der Waals surface area contributed by atoms with Crippen molar-refractivity contribution < 1.29 is 34.2 Å². The third-order valence-corrected chi connectivity index (χ3v) is 11.8. The molecule has 3 amide bonds. The van der Waals surface area contributed by atoms with E-state index in [1.54, 1.807) is 19.2 Å². The molecule has 0 unspecified atom stereocenters. The van der Waals surface area contributed by atoms with Crippen molar-refractivity contribution in [1.82, 2.24) is 25.6 Å². The number of likely N-dealkylation sites (N-methyl/N-ethyl adjacent to an activating group) is 1. The molecule has 3 rings (SSSR count). The predicted molar refractivity (Wildman–Crippen MR) is 229 cm³/mol. The Labute approximate surface area is 350 Å². The number of likely N-dealkylation sites (tertiary alicyclic amines) is 1. The second-order valence-electron chi connectivity index (χ2n) is 17.1. The topological polar surface area (TPSA) is 173 Å². The molecule has 6 atom stereocenters. The number of nitrogens with zero attached hydrogens (tertiary/aromatic N) is 3. The average molecular weight is 825 g/mol. The van der Waals surface area contributed by atoms with Crippen molar-refractivity contribution >= 4 is 40.7 Å².